The molecule has 2 aromatic rings. The first kappa shape index (κ1) is 16.5. The Morgan fingerprint density at radius 3 is 2.75 bits per heavy atom. The van der Waals surface area contributed by atoms with Gasteiger partial charge >= 0.3 is 0 Å². The van der Waals surface area contributed by atoms with Gasteiger partial charge in [-0.25, -0.2) is 4.98 Å². The number of carbonyl (C=O) groups excluding carboxylic acids is 1. The Kier molecular flexibility index (Phi) is 5.11. The van der Waals surface area contributed by atoms with Gasteiger partial charge in [-0.3, -0.25) is 9.69 Å². The molecule has 0 saturated carbocycles. The molecule has 5 nitrogen and oxygen atoms in total. The molecular weight excluding hydrogens is 302 g/mol. The molecule has 0 bridgehead atoms. The highest BCUT2D eigenvalue weighted by Gasteiger charge is 2.35. The first-order valence-corrected chi connectivity index (χ1v) is 8.38. The molecule has 1 saturated heterocycles. The summed E-state index contributed by atoms with van der Waals surface area (Å²) in [6.45, 7) is 5.55. The van der Waals surface area contributed by atoms with E-state index >= 15 is 0 Å². The standard InChI is InChI=1S/C19H23N3O2/c1-3-15-8-4-5-9-17(15)24-16-12-22(13-16)14(2)19(23)21-18-10-6-7-11-20-18/h4-11,14,16H,3,12-13H2,1-2H3,(H,20,21,23)/t14-/m1/s1. The number of anilines is 1. The Morgan fingerprint density at radius 2 is 2.04 bits per heavy atom. The molecule has 1 aliphatic rings. The zero-order chi connectivity index (χ0) is 16.9. The number of nitrogens with one attached hydrogen (secondary N) is 1. The first-order chi connectivity index (χ1) is 11.7. The van der Waals surface area contributed by atoms with Crippen molar-refractivity contribution in [3.63, 3.8) is 0 Å². The van der Waals surface area contributed by atoms with Crippen molar-refractivity contribution in [2.24, 2.45) is 0 Å². The van der Waals surface area contributed by atoms with Gasteiger partial charge in [0.15, 0.2) is 0 Å². The molecular formula is C19H23N3O2. The largest absolute Gasteiger partial charge is 0.487 e. The molecule has 126 valence electrons. The lowest BCUT2D eigenvalue weighted by atomic mass is 10.1. The Balaban J connectivity index is 1.50. The highest BCUT2D eigenvalue weighted by Crippen LogP contribution is 2.24. The van der Waals surface area contributed by atoms with Crippen LogP contribution in [0.5, 0.6) is 5.75 Å². The highest BCUT2D eigenvalue weighted by atomic mass is 16.5. The second kappa shape index (κ2) is 7.45. The predicted molar refractivity (Wildman–Crippen MR) is 94.1 cm³/mol. The summed E-state index contributed by atoms with van der Waals surface area (Å²) < 4.78 is 6.07. The monoisotopic (exact) mass is 325 g/mol. The van der Waals surface area contributed by atoms with Crippen molar-refractivity contribution in [3.8, 4) is 5.75 Å². The fourth-order valence-corrected chi connectivity index (χ4v) is 2.78. The molecule has 2 heterocycles. The summed E-state index contributed by atoms with van der Waals surface area (Å²) >= 11 is 0. The van der Waals surface area contributed by atoms with Crippen LogP contribution in [0.3, 0.4) is 0 Å². The second-order valence-electron chi connectivity index (χ2n) is 6.04. The summed E-state index contributed by atoms with van der Waals surface area (Å²) in [4.78, 5) is 18.5. The summed E-state index contributed by atoms with van der Waals surface area (Å²) in [6, 6.07) is 13.4. The number of aryl methyl sites for hydroxylation is 1. The fraction of sp³-hybridized carbons (Fsp3) is 0.368. The average molecular weight is 325 g/mol. The molecule has 1 aliphatic heterocycles. The van der Waals surface area contributed by atoms with Gasteiger partial charge in [0.25, 0.3) is 0 Å². The number of ether oxygens (including phenoxy) is 1. The topological polar surface area (TPSA) is 54.5 Å². The van der Waals surface area contributed by atoms with E-state index in [4.69, 9.17) is 4.74 Å². The summed E-state index contributed by atoms with van der Waals surface area (Å²) in [5, 5.41) is 2.84. The zero-order valence-electron chi connectivity index (χ0n) is 14.1. The first-order valence-electron chi connectivity index (χ1n) is 8.38. The lowest BCUT2D eigenvalue weighted by Gasteiger charge is -2.42. The quantitative estimate of drug-likeness (QED) is 0.887. The maximum absolute atomic E-state index is 12.3. The van der Waals surface area contributed by atoms with Crippen molar-refractivity contribution < 1.29 is 9.53 Å². The van der Waals surface area contributed by atoms with Crippen LogP contribution in [-0.2, 0) is 11.2 Å². The normalized spacial score (nSPS) is 16.2. The predicted octanol–water partition coefficient (Wildman–Crippen LogP) is 2.73. The molecule has 1 amide bonds. The Labute approximate surface area is 142 Å². The highest BCUT2D eigenvalue weighted by molar-refractivity contribution is 5.93. The van der Waals surface area contributed by atoms with Crippen molar-refractivity contribution in [3.05, 3.63) is 54.2 Å². The van der Waals surface area contributed by atoms with Crippen LogP contribution in [0.2, 0.25) is 0 Å². The molecule has 0 radical (unpaired) electrons. The molecule has 24 heavy (non-hydrogen) atoms. The molecule has 1 aromatic heterocycles. The molecule has 1 N–H and O–H groups in total. The summed E-state index contributed by atoms with van der Waals surface area (Å²) in [5.41, 5.74) is 1.22. The maximum Gasteiger partial charge on any atom is 0.242 e. The van der Waals surface area contributed by atoms with Crippen LogP contribution in [-0.4, -0.2) is 41.0 Å². The van der Waals surface area contributed by atoms with Gasteiger partial charge in [-0.15, -0.1) is 0 Å². The van der Waals surface area contributed by atoms with Crippen LogP contribution < -0.4 is 10.1 Å². The third-order valence-corrected chi connectivity index (χ3v) is 4.37. The molecule has 5 heteroatoms. The van der Waals surface area contributed by atoms with E-state index in [-0.39, 0.29) is 18.1 Å². The third kappa shape index (κ3) is 3.74. The maximum atomic E-state index is 12.3. The minimum absolute atomic E-state index is 0.0406. The number of para-hydroxylation sites is 1. The average Bonchev–Trinajstić information content (AvgIpc) is 2.58. The summed E-state index contributed by atoms with van der Waals surface area (Å²) in [6.07, 6.45) is 2.76. The van der Waals surface area contributed by atoms with Crippen LogP contribution in [0.15, 0.2) is 48.7 Å². The Morgan fingerprint density at radius 1 is 1.29 bits per heavy atom. The molecule has 3 rings (SSSR count). The minimum atomic E-state index is -0.201. The molecule has 1 fully saturated rings. The fourth-order valence-electron chi connectivity index (χ4n) is 2.78. The number of rotatable bonds is 6. The minimum Gasteiger partial charge on any atom is -0.487 e. The van der Waals surface area contributed by atoms with Gasteiger partial charge in [0.1, 0.15) is 17.7 Å². The van der Waals surface area contributed by atoms with E-state index in [1.165, 1.54) is 5.56 Å². The van der Waals surface area contributed by atoms with Crippen molar-refractivity contribution in [2.75, 3.05) is 18.4 Å². The molecule has 0 spiro atoms. The number of likely N-dealkylation sites (tertiary alicyclic amines) is 1. The van der Waals surface area contributed by atoms with Gasteiger partial charge < -0.3 is 10.1 Å². The number of carbonyl (C=O) groups is 1. The number of pyridine rings is 1. The number of hydrogen-bond acceptors (Lipinski definition) is 4. The van der Waals surface area contributed by atoms with Crippen molar-refractivity contribution >= 4 is 11.7 Å². The number of nitrogens with zero attached hydrogens (tertiary/aromatic N) is 2. The van der Waals surface area contributed by atoms with E-state index in [1.54, 1.807) is 12.3 Å². The van der Waals surface area contributed by atoms with Gasteiger partial charge in [0.05, 0.1) is 6.04 Å². The van der Waals surface area contributed by atoms with Gasteiger partial charge in [-0.05, 0) is 37.1 Å². The van der Waals surface area contributed by atoms with Crippen LogP contribution >= 0.6 is 0 Å². The molecule has 1 aromatic carbocycles. The smallest absolute Gasteiger partial charge is 0.242 e. The summed E-state index contributed by atoms with van der Waals surface area (Å²) in [7, 11) is 0. The van der Waals surface area contributed by atoms with E-state index in [0.717, 1.165) is 25.3 Å². The second-order valence-corrected chi connectivity index (χ2v) is 6.04. The number of amides is 1. The summed E-state index contributed by atoms with van der Waals surface area (Å²) in [5.74, 6) is 1.50. The van der Waals surface area contributed by atoms with Gasteiger partial charge in [0.2, 0.25) is 5.91 Å². The molecule has 1 atom stereocenters. The van der Waals surface area contributed by atoms with Gasteiger partial charge in [0, 0.05) is 19.3 Å². The van der Waals surface area contributed by atoms with Crippen LogP contribution in [0.4, 0.5) is 5.82 Å². The lowest BCUT2D eigenvalue weighted by molar-refractivity contribution is -0.124. The van der Waals surface area contributed by atoms with Gasteiger partial charge in [-0.2, -0.15) is 0 Å². The van der Waals surface area contributed by atoms with E-state index in [9.17, 15) is 4.79 Å². The van der Waals surface area contributed by atoms with Crippen molar-refractivity contribution in [1.82, 2.24) is 9.88 Å². The van der Waals surface area contributed by atoms with E-state index in [1.807, 2.05) is 37.3 Å². The van der Waals surface area contributed by atoms with E-state index in [0.29, 0.717) is 5.82 Å². The van der Waals surface area contributed by atoms with Crippen LogP contribution in [0.1, 0.15) is 19.4 Å². The number of hydrogen-bond donors (Lipinski definition) is 1. The van der Waals surface area contributed by atoms with Crippen molar-refractivity contribution in [2.45, 2.75) is 32.4 Å². The van der Waals surface area contributed by atoms with Crippen LogP contribution in [0, 0.1) is 0 Å². The SMILES string of the molecule is CCc1ccccc1OC1CN([C@H](C)C(=O)Nc2ccccn2)C1. The third-order valence-electron chi connectivity index (χ3n) is 4.37. The van der Waals surface area contributed by atoms with Crippen molar-refractivity contribution in [1.29, 1.82) is 0 Å². The lowest BCUT2D eigenvalue weighted by Crippen LogP contribution is -2.59. The van der Waals surface area contributed by atoms with E-state index in [2.05, 4.69) is 28.2 Å². The zero-order valence-corrected chi connectivity index (χ0v) is 14.1. The Bertz CT molecular complexity index is 684. The van der Waals surface area contributed by atoms with Crippen LogP contribution in [0.25, 0.3) is 0 Å². The number of aromatic nitrogens is 1. The molecule has 0 aliphatic carbocycles. The number of benzene rings is 1. The van der Waals surface area contributed by atoms with Gasteiger partial charge in [-0.1, -0.05) is 31.2 Å². The Hall–Kier alpha value is -2.40. The molecule has 0 unspecified atom stereocenters. The van der Waals surface area contributed by atoms with E-state index < -0.39 is 0 Å².